The lowest BCUT2D eigenvalue weighted by atomic mass is 10.2. The number of amides is 1. The minimum absolute atomic E-state index is 0.0398. The number of nitrogens with one attached hydrogen (secondary N) is 1. The van der Waals surface area contributed by atoms with Crippen molar-refractivity contribution >= 4 is 23.4 Å². The Balaban J connectivity index is 1.52. The first-order valence-electron chi connectivity index (χ1n) is 7.63. The van der Waals surface area contributed by atoms with E-state index in [-0.39, 0.29) is 24.0 Å². The number of carbonyl (C=O) groups is 1. The molecule has 0 spiro atoms. The molecule has 1 N–H and O–H groups in total. The molecule has 8 nitrogen and oxygen atoms in total. The van der Waals surface area contributed by atoms with Gasteiger partial charge >= 0.3 is 0 Å². The number of thioether (sulfide) groups is 1. The van der Waals surface area contributed by atoms with Crippen LogP contribution in [0.5, 0.6) is 0 Å². The van der Waals surface area contributed by atoms with E-state index < -0.39 is 4.92 Å². The molecule has 1 aromatic heterocycles. The van der Waals surface area contributed by atoms with Gasteiger partial charge in [0.25, 0.3) is 16.8 Å². The molecule has 0 aliphatic carbocycles. The third-order valence-electron chi connectivity index (χ3n) is 3.37. The molecular weight excluding hydrogens is 356 g/mol. The molecule has 0 bridgehead atoms. The van der Waals surface area contributed by atoms with Crippen molar-refractivity contribution in [2.75, 3.05) is 0 Å². The summed E-state index contributed by atoms with van der Waals surface area (Å²) < 4.78 is 5.46. The van der Waals surface area contributed by atoms with Crippen LogP contribution in [-0.2, 0) is 12.3 Å². The molecular formula is C17H14N4O4S. The monoisotopic (exact) mass is 370 g/mol. The van der Waals surface area contributed by atoms with Gasteiger partial charge < -0.3 is 9.73 Å². The fourth-order valence-corrected chi connectivity index (χ4v) is 2.84. The third kappa shape index (κ3) is 4.67. The zero-order valence-corrected chi connectivity index (χ0v) is 14.3. The van der Waals surface area contributed by atoms with Gasteiger partial charge in [0, 0.05) is 23.4 Å². The molecule has 0 fully saturated rings. The first-order chi connectivity index (χ1) is 12.6. The molecule has 0 radical (unpaired) electrons. The van der Waals surface area contributed by atoms with Crippen molar-refractivity contribution < 1.29 is 14.1 Å². The van der Waals surface area contributed by atoms with Gasteiger partial charge in [0.05, 0.1) is 11.5 Å². The van der Waals surface area contributed by atoms with Crippen LogP contribution in [-0.4, -0.2) is 21.0 Å². The molecule has 1 amide bonds. The third-order valence-corrected chi connectivity index (χ3v) is 4.26. The Labute approximate surface area is 152 Å². The highest BCUT2D eigenvalue weighted by Gasteiger charge is 2.11. The van der Waals surface area contributed by atoms with Gasteiger partial charge in [-0.3, -0.25) is 14.9 Å². The Bertz CT molecular complexity index is 914. The number of hydrogen-bond donors (Lipinski definition) is 1. The van der Waals surface area contributed by atoms with E-state index in [1.54, 1.807) is 36.4 Å². The second-order valence-electron chi connectivity index (χ2n) is 5.23. The predicted octanol–water partition coefficient (Wildman–Crippen LogP) is 3.20. The molecule has 0 unspecified atom stereocenters. The van der Waals surface area contributed by atoms with E-state index in [1.165, 1.54) is 23.9 Å². The Morgan fingerprint density at radius 1 is 1.15 bits per heavy atom. The van der Waals surface area contributed by atoms with Crippen LogP contribution < -0.4 is 5.32 Å². The average Bonchev–Trinajstić information content (AvgIpc) is 3.13. The van der Waals surface area contributed by atoms with Crippen LogP contribution in [0.25, 0.3) is 0 Å². The van der Waals surface area contributed by atoms with Crippen molar-refractivity contribution in [2.45, 2.75) is 17.5 Å². The van der Waals surface area contributed by atoms with Gasteiger partial charge in [-0.2, -0.15) is 0 Å². The van der Waals surface area contributed by atoms with Crippen LogP contribution in [0.4, 0.5) is 5.69 Å². The highest BCUT2D eigenvalue weighted by molar-refractivity contribution is 7.98. The van der Waals surface area contributed by atoms with Crippen LogP contribution in [0.2, 0.25) is 0 Å². The van der Waals surface area contributed by atoms with Gasteiger partial charge in [-0.05, 0) is 17.7 Å². The molecule has 26 heavy (non-hydrogen) atoms. The number of non-ortho nitro benzene ring substituents is 1. The zero-order chi connectivity index (χ0) is 18.4. The van der Waals surface area contributed by atoms with Gasteiger partial charge in [-0.25, -0.2) is 0 Å². The summed E-state index contributed by atoms with van der Waals surface area (Å²) in [5, 5.41) is 21.6. The smallest absolute Gasteiger partial charge is 0.276 e. The molecule has 0 aliphatic heterocycles. The van der Waals surface area contributed by atoms with E-state index in [9.17, 15) is 14.9 Å². The van der Waals surface area contributed by atoms with Gasteiger partial charge in [-0.15, -0.1) is 10.2 Å². The van der Waals surface area contributed by atoms with Gasteiger partial charge in [0.2, 0.25) is 5.89 Å². The molecule has 132 valence electrons. The number of rotatable bonds is 7. The Morgan fingerprint density at radius 2 is 1.96 bits per heavy atom. The minimum atomic E-state index is -0.436. The number of nitro benzene ring substituents is 1. The summed E-state index contributed by atoms with van der Waals surface area (Å²) in [7, 11) is 0. The maximum atomic E-state index is 12.0. The number of nitro groups is 1. The standard InChI is InChI=1S/C17H14N4O4S/c22-16(13-6-2-1-3-7-13)18-10-15-19-20-17(25-15)26-11-12-5-4-8-14(9-12)21(23)24/h1-9H,10-11H2,(H,18,22). The van der Waals surface area contributed by atoms with Crippen molar-refractivity contribution in [3.63, 3.8) is 0 Å². The quantitative estimate of drug-likeness (QED) is 0.386. The summed E-state index contributed by atoms with van der Waals surface area (Å²) in [6.45, 7) is 0.123. The van der Waals surface area contributed by atoms with Crippen molar-refractivity contribution in [2.24, 2.45) is 0 Å². The summed E-state index contributed by atoms with van der Waals surface area (Å²) in [4.78, 5) is 22.3. The number of benzene rings is 2. The second kappa shape index (κ2) is 8.26. The molecule has 2 aromatic carbocycles. The molecule has 1 heterocycles. The molecule has 3 aromatic rings. The van der Waals surface area contributed by atoms with Gasteiger partial charge in [0.15, 0.2) is 0 Å². The molecule has 3 rings (SSSR count). The lowest BCUT2D eigenvalue weighted by molar-refractivity contribution is -0.384. The summed E-state index contributed by atoms with van der Waals surface area (Å²) in [5.74, 6) is 0.519. The molecule has 9 heteroatoms. The van der Waals surface area contributed by atoms with E-state index in [0.29, 0.717) is 16.5 Å². The van der Waals surface area contributed by atoms with E-state index in [2.05, 4.69) is 15.5 Å². The van der Waals surface area contributed by atoms with Gasteiger partial charge in [0.1, 0.15) is 0 Å². The number of nitrogens with zero attached hydrogens (tertiary/aromatic N) is 3. The topological polar surface area (TPSA) is 111 Å². The Kier molecular flexibility index (Phi) is 5.59. The van der Waals surface area contributed by atoms with Crippen LogP contribution in [0.15, 0.2) is 64.2 Å². The molecule has 0 aliphatic rings. The van der Waals surface area contributed by atoms with Crippen LogP contribution >= 0.6 is 11.8 Å². The van der Waals surface area contributed by atoms with Crippen molar-refractivity contribution in [3.8, 4) is 0 Å². The first kappa shape index (κ1) is 17.6. The fourth-order valence-electron chi connectivity index (χ4n) is 2.12. The summed E-state index contributed by atoms with van der Waals surface area (Å²) in [5.41, 5.74) is 1.37. The summed E-state index contributed by atoms with van der Waals surface area (Å²) in [6, 6.07) is 15.2. The largest absolute Gasteiger partial charge is 0.414 e. The maximum absolute atomic E-state index is 12.0. The van der Waals surface area contributed by atoms with Crippen LogP contribution in [0.1, 0.15) is 21.8 Å². The first-order valence-corrected chi connectivity index (χ1v) is 8.62. The Morgan fingerprint density at radius 3 is 2.73 bits per heavy atom. The summed E-state index contributed by atoms with van der Waals surface area (Å²) >= 11 is 1.27. The van der Waals surface area contributed by atoms with Gasteiger partial charge in [-0.1, -0.05) is 42.1 Å². The lowest BCUT2D eigenvalue weighted by Gasteiger charge is -2.01. The van der Waals surface area contributed by atoms with E-state index in [4.69, 9.17) is 4.42 Å². The van der Waals surface area contributed by atoms with Crippen molar-refractivity contribution in [1.29, 1.82) is 0 Å². The fraction of sp³-hybridized carbons (Fsp3) is 0.118. The highest BCUT2D eigenvalue weighted by atomic mass is 32.2. The second-order valence-corrected chi connectivity index (χ2v) is 6.15. The van der Waals surface area contributed by atoms with Crippen LogP contribution in [0.3, 0.4) is 0 Å². The van der Waals surface area contributed by atoms with E-state index in [0.717, 1.165) is 5.56 Å². The molecule has 0 saturated heterocycles. The van der Waals surface area contributed by atoms with Crippen LogP contribution in [0, 0.1) is 10.1 Å². The number of aromatic nitrogens is 2. The minimum Gasteiger partial charge on any atom is -0.414 e. The van der Waals surface area contributed by atoms with E-state index in [1.807, 2.05) is 6.07 Å². The molecule has 0 saturated carbocycles. The number of hydrogen-bond acceptors (Lipinski definition) is 7. The SMILES string of the molecule is O=C(NCc1nnc(SCc2cccc([N+](=O)[O-])c2)o1)c1ccccc1. The highest BCUT2D eigenvalue weighted by Crippen LogP contribution is 2.23. The predicted molar refractivity (Wildman–Crippen MR) is 94.6 cm³/mol. The van der Waals surface area contributed by atoms with Crippen molar-refractivity contribution in [1.82, 2.24) is 15.5 Å². The Hall–Kier alpha value is -3.20. The zero-order valence-electron chi connectivity index (χ0n) is 13.5. The average molecular weight is 370 g/mol. The van der Waals surface area contributed by atoms with E-state index >= 15 is 0 Å². The lowest BCUT2D eigenvalue weighted by Crippen LogP contribution is -2.22. The number of carbonyl (C=O) groups excluding carboxylic acids is 1. The summed E-state index contributed by atoms with van der Waals surface area (Å²) in [6.07, 6.45) is 0. The maximum Gasteiger partial charge on any atom is 0.276 e. The molecule has 0 atom stereocenters. The van der Waals surface area contributed by atoms with Crippen molar-refractivity contribution in [3.05, 3.63) is 81.7 Å². The normalized spacial score (nSPS) is 10.5.